The minimum Gasteiger partial charge on any atom is -0.464 e. The summed E-state index contributed by atoms with van der Waals surface area (Å²) < 4.78 is 5.82. The van der Waals surface area contributed by atoms with E-state index in [4.69, 9.17) is 4.42 Å². The Morgan fingerprint density at radius 3 is 2.32 bits per heavy atom. The van der Waals surface area contributed by atoms with Gasteiger partial charge in [0.15, 0.2) is 0 Å². The van der Waals surface area contributed by atoms with Crippen LogP contribution in [0.4, 0.5) is 4.79 Å². The molecule has 0 aliphatic carbocycles. The molecule has 0 aromatic carbocycles. The number of carbonyl (C=O) groups is 1. The molecule has 0 spiro atoms. The van der Waals surface area contributed by atoms with E-state index in [-0.39, 0.29) is 24.0 Å². The van der Waals surface area contributed by atoms with Gasteiger partial charge in [-0.15, -0.1) is 0 Å². The Kier molecular flexibility index (Phi) is 5.68. The summed E-state index contributed by atoms with van der Waals surface area (Å²) in [7, 11) is 1.67. The highest BCUT2D eigenvalue weighted by Gasteiger charge is 2.32. The predicted molar refractivity (Wildman–Crippen MR) is 87.7 cm³/mol. The van der Waals surface area contributed by atoms with E-state index < -0.39 is 5.60 Å². The summed E-state index contributed by atoms with van der Waals surface area (Å²) in [5, 5.41) is 12.9. The van der Waals surface area contributed by atoms with E-state index in [1.165, 1.54) is 4.90 Å². The van der Waals surface area contributed by atoms with E-state index in [9.17, 15) is 9.90 Å². The molecule has 1 unspecified atom stereocenters. The molecular formula is C17H30N2O3. The van der Waals surface area contributed by atoms with Crippen LogP contribution in [0, 0.1) is 5.41 Å². The Morgan fingerprint density at radius 1 is 1.32 bits per heavy atom. The fourth-order valence-electron chi connectivity index (χ4n) is 2.34. The number of rotatable bonds is 5. The molecule has 1 aromatic heterocycles. The number of nitrogens with zero attached hydrogens (tertiary/aromatic N) is 1. The maximum Gasteiger partial charge on any atom is 0.317 e. The zero-order chi connectivity index (χ0) is 17.1. The molecule has 0 radical (unpaired) electrons. The van der Waals surface area contributed by atoms with Gasteiger partial charge in [0.05, 0.1) is 18.2 Å². The molecular weight excluding hydrogens is 280 g/mol. The zero-order valence-electron chi connectivity index (χ0n) is 14.9. The molecule has 5 nitrogen and oxygen atoms in total. The standard InChI is InChI=1S/C17H30N2O3/c1-8-12-9-10-13(22-12)14(16(2,3)4)18-15(20)19(7)11-17(5,6)21/h9-10,14,21H,8,11H2,1-7H3,(H,18,20). The van der Waals surface area contributed by atoms with Gasteiger partial charge in [0.25, 0.3) is 0 Å². The van der Waals surface area contributed by atoms with Crippen LogP contribution in [-0.4, -0.2) is 35.2 Å². The molecule has 1 rings (SSSR count). The van der Waals surface area contributed by atoms with Crippen LogP contribution in [-0.2, 0) is 6.42 Å². The van der Waals surface area contributed by atoms with Gasteiger partial charge in [-0.3, -0.25) is 0 Å². The smallest absolute Gasteiger partial charge is 0.317 e. The first-order valence-electron chi connectivity index (χ1n) is 7.76. The summed E-state index contributed by atoms with van der Waals surface area (Å²) in [5.74, 6) is 1.66. The molecule has 0 fully saturated rings. The van der Waals surface area contributed by atoms with Gasteiger partial charge in [-0.1, -0.05) is 27.7 Å². The van der Waals surface area contributed by atoms with E-state index >= 15 is 0 Å². The largest absolute Gasteiger partial charge is 0.464 e. The van der Waals surface area contributed by atoms with E-state index in [1.54, 1.807) is 20.9 Å². The third kappa shape index (κ3) is 5.37. The van der Waals surface area contributed by atoms with Crippen LogP contribution in [0.2, 0.25) is 0 Å². The van der Waals surface area contributed by atoms with E-state index in [0.29, 0.717) is 0 Å². The van der Waals surface area contributed by atoms with Crippen molar-refractivity contribution in [1.29, 1.82) is 0 Å². The summed E-state index contributed by atoms with van der Waals surface area (Å²) in [5.41, 5.74) is -1.11. The highest BCUT2D eigenvalue weighted by atomic mass is 16.3. The van der Waals surface area contributed by atoms with Gasteiger partial charge in [0, 0.05) is 13.5 Å². The lowest BCUT2D eigenvalue weighted by Crippen LogP contribution is -2.47. The molecule has 2 N–H and O–H groups in total. The average Bonchev–Trinajstić information content (AvgIpc) is 2.80. The number of hydrogen-bond donors (Lipinski definition) is 2. The van der Waals surface area contributed by atoms with Crippen molar-refractivity contribution in [1.82, 2.24) is 10.2 Å². The minimum atomic E-state index is -0.927. The molecule has 5 heteroatoms. The second kappa shape index (κ2) is 6.73. The molecule has 0 saturated carbocycles. The van der Waals surface area contributed by atoms with Crippen molar-refractivity contribution >= 4 is 6.03 Å². The van der Waals surface area contributed by atoms with Crippen molar-refractivity contribution in [3.05, 3.63) is 23.7 Å². The van der Waals surface area contributed by atoms with Crippen molar-refractivity contribution in [2.75, 3.05) is 13.6 Å². The van der Waals surface area contributed by atoms with Crippen LogP contribution in [0.25, 0.3) is 0 Å². The van der Waals surface area contributed by atoms with Gasteiger partial charge < -0.3 is 19.7 Å². The number of urea groups is 1. The second-order valence-corrected chi connectivity index (χ2v) is 7.57. The molecule has 0 aliphatic heterocycles. The molecule has 2 amide bonds. The van der Waals surface area contributed by atoms with Gasteiger partial charge in [-0.05, 0) is 31.4 Å². The number of hydrogen-bond acceptors (Lipinski definition) is 3. The summed E-state index contributed by atoms with van der Waals surface area (Å²) in [6, 6.07) is 3.41. The Bertz CT molecular complexity index is 495. The highest BCUT2D eigenvalue weighted by molar-refractivity contribution is 5.74. The summed E-state index contributed by atoms with van der Waals surface area (Å²) in [4.78, 5) is 13.9. The SMILES string of the molecule is CCc1ccc(C(NC(=O)N(C)CC(C)(C)O)C(C)(C)C)o1. The van der Waals surface area contributed by atoms with Gasteiger partial charge >= 0.3 is 6.03 Å². The number of aryl methyl sites for hydroxylation is 1. The maximum atomic E-state index is 12.4. The Balaban J connectivity index is 2.89. The van der Waals surface area contributed by atoms with E-state index in [1.807, 2.05) is 19.1 Å². The lowest BCUT2D eigenvalue weighted by molar-refractivity contribution is 0.0518. The van der Waals surface area contributed by atoms with Crippen LogP contribution in [0.5, 0.6) is 0 Å². The molecule has 22 heavy (non-hydrogen) atoms. The number of likely N-dealkylation sites (N-methyl/N-ethyl adjacent to an activating group) is 1. The number of amides is 2. The predicted octanol–water partition coefficient (Wildman–Crippen LogP) is 3.34. The first kappa shape index (κ1) is 18.6. The first-order valence-corrected chi connectivity index (χ1v) is 7.76. The maximum absolute atomic E-state index is 12.4. The normalized spacial score (nSPS) is 13.8. The fourth-order valence-corrected chi connectivity index (χ4v) is 2.34. The third-order valence-corrected chi connectivity index (χ3v) is 3.42. The third-order valence-electron chi connectivity index (χ3n) is 3.42. The number of carbonyl (C=O) groups excluding carboxylic acids is 1. The molecule has 1 aromatic rings. The number of furan rings is 1. The van der Waals surface area contributed by atoms with Crippen molar-refractivity contribution < 1.29 is 14.3 Å². The molecule has 0 saturated heterocycles. The molecule has 0 aliphatic rings. The zero-order valence-corrected chi connectivity index (χ0v) is 14.9. The van der Waals surface area contributed by atoms with Gasteiger partial charge in [0.1, 0.15) is 11.5 Å². The van der Waals surface area contributed by atoms with Gasteiger partial charge in [-0.25, -0.2) is 4.79 Å². The summed E-state index contributed by atoms with van der Waals surface area (Å²) in [6.45, 7) is 11.8. The van der Waals surface area contributed by atoms with Crippen LogP contribution < -0.4 is 5.32 Å². The lowest BCUT2D eigenvalue weighted by atomic mass is 9.85. The Morgan fingerprint density at radius 2 is 1.91 bits per heavy atom. The van der Waals surface area contributed by atoms with E-state index in [0.717, 1.165) is 17.9 Å². The first-order chi connectivity index (χ1) is 9.94. The average molecular weight is 310 g/mol. The van der Waals surface area contributed by atoms with Crippen LogP contribution in [0.1, 0.15) is 59.1 Å². The molecule has 1 atom stereocenters. The Labute approximate surface area is 133 Å². The van der Waals surface area contributed by atoms with Gasteiger partial charge in [0.2, 0.25) is 0 Å². The van der Waals surface area contributed by atoms with E-state index in [2.05, 4.69) is 26.1 Å². The highest BCUT2D eigenvalue weighted by Crippen LogP contribution is 2.34. The van der Waals surface area contributed by atoms with Crippen molar-refractivity contribution in [2.24, 2.45) is 5.41 Å². The topological polar surface area (TPSA) is 65.7 Å². The quantitative estimate of drug-likeness (QED) is 0.876. The number of aliphatic hydroxyl groups is 1. The molecule has 0 bridgehead atoms. The summed E-state index contributed by atoms with van der Waals surface area (Å²) >= 11 is 0. The van der Waals surface area contributed by atoms with Crippen molar-refractivity contribution in [2.45, 2.75) is 59.6 Å². The lowest BCUT2D eigenvalue weighted by Gasteiger charge is -2.33. The van der Waals surface area contributed by atoms with Crippen LogP contribution in [0.3, 0.4) is 0 Å². The van der Waals surface area contributed by atoms with Crippen molar-refractivity contribution in [3.8, 4) is 0 Å². The van der Waals surface area contributed by atoms with Crippen LogP contribution >= 0.6 is 0 Å². The minimum absolute atomic E-state index is 0.186. The van der Waals surface area contributed by atoms with Crippen molar-refractivity contribution in [3.63, 3.8) is 0 Å². The molecule has 126 valence electrons. The van der Waals surface area contributed by atoms with Crippen LogP contribution in [0.15, 0.2) is 16.5 Å². The summed E-state index contributed by atoms with van der Waals surface area (Å²) in [6.07, 6.45) is 0.823. The Hall–Kier alpha value is -1.49. The second-order valence-electron chi connectivity index (χ2n) is 7.57. The van der Waals surface area contributed by atoms with Gasteiger partial charge in [-0.2, -0.15) is 0 Å². The number of nitrogens with one attached hydrogen (secondary N) is 1. The monoisotopic (exact) mass is 310 g/mol. The fraction of sp³-hybridized carbons (Fsp3) is 0.706. The molecule has 1 heterocycles.